The van der Waals surface area contributed by atoms with Crippen molar-refractivity contribution in [3.8, 4) is 23.2 Å². The largest absolute Gasteiger partial charge is 0.497 e. The minimum Gasteiger partial charge on any atom is -0.497 e. The molecule has 48 heavy (non-hydrogen) atoms. The molecule has 1 saturated heterocycles. The van der Waals surface area contributed by atoms with Gasteiger partial charge in [-0.15, -0.1) is 0 Å². The number of ether oxygens (including phenoxy) is 1. The monoisotopic (exact) mass is 670 g/mol. The lowest BCUT2D eigenvalue weighted by molar-refractivity contribution is -0.134. The lowest BCUT2D eigenvalue weighted by atomic mass is 10.1. The summed E-state index contributed by atoms with van der Waals surface area (Å²) in [6.07, 6.45) is 5.24. The third kappa shape index (κ3) is 5.50. The SMILES string of the molecule is COc1ccc(CN(C2(C#N)CC2)S(=O)(=O)c2cc(N3CCN(C(=O)C(C)C)CC3)c3ncc(-c4cc5n(n4)CCCC5=O)n3c2)cc1. The van der Waals surface area contributed by atoms with E-state index < -0.39 is 15.6 Å². The number of hydrogen-bond donors (Lipinski definition) is 0. The number of aryl methyl sites for hydroxylation is 1. The number of amides is 1. The molecule has 0 spiro atoms. The number of fused-ring (bicyclic) bond motifs is 2. The fourth-order valence-corrected chi connectivity index (χ4v) is 8.38. The van der Waals surface area contributed by atoms with Gasteiger partial charge >= 0.3 is 0 Å². The number of benzene rings is 1. The van der Waals surface area contributed by atoms with Crippen molar-refractivity contribution < 1.29 is 22.7 Å². The molecule has 3 aromatic heterocycles. The van der Waals surface area contributed by atoms with Crippen molar-refractivity contribution in [3.63, 3.8) is 0 Å². The zero-order valence-corrected chi connectivity index (χ0v) is 28.1. The molecule has 0 atom stereocenters. The summed E-state index contributed by atoms with van der Waals surface area (Å²) in [6, 6.07) is 12.8. The fraction of sp³-hybridized carbons (Fsp3) is 0.441. The maximum atomic E-state index is 14.8. The number of anilines is 1. The number of aromatic nitrogens is 4. The summed E-state index contributed by atoms with van der Waals surface area (Å²) >= 11 is 0. The highest BCUT2D eigenvalue weighted by Gasteiger charge is 2.54. The topological polar surface area (TPSA) is 146 Å². The molecule has 3 aliphatic rings. The number of sulfonamides is 1. The molecule has 1 aromatic carbocycles. The van der Waals surface area contributed by atoms with E-state index in [1.807, 2.05) is 18.7 Å². The first kappa shape index (κ1) is 31.8. The Labute approximate surface area is 279 Å². The van der Waals surface area contributed by atoms with Gasteiger partial charge in [-0.05, 0) is 49.1 Å². The summed E-state index contributed by atoms with van der Waals surface area (Å²) in [4.78, 5) is 34.0. The first-order chi connectivity index (χ1) is 23.0. The summed E-state index contributed by atoms with van der Waals surface area (Å²) in [6.45, 7) is 6.36. The van der Waals surface area contributed by atoms with E-state index in [0.29, 0.717) is 92.6 Å². The second-order valence-corrected chi connectivity index (χ2v) is 14.9. The van der Waals surface area contributed by atoms with Gasteiger partial charge in [0.1, 0.15) is 27.6 Å². The Bertz CT molecular complexity index is 2050. The average Bonchev–Trinajstić information content (AvgIpc) is 3.56. The zero-order valence-electron chi connectivity index (χ0n) is 27.3. The molecular weight excluding hydrogens is 632 g/mol. The number of piperazine rings is 1. The van der Waals surface area contributed by atoms with E-state index in [1.165, 1.54) is 4.31 Å². The van der Waals surface area contributed by atoms with E-state index >= 15 is 0 Å². The Kier molecular flexibility index (Phi) is 7.99. The maximum absolute atomic E-state index is 14.8. The molecule has 4 aromatic rings. The van der Waals surface area contributed by atoms with Crippen LogP contribution in [0, 0.1) is 17.2 Å². The first-order valence-electron chi connectivity index (χ1n) is 16.3. The van der Waals surface area contributed by atoms with Crippen molar-refractivity contribution in [3.05, 3.63) is 60.0 Å². The smallest absolute Gasteiger partial charge is 0.246 e. The highest BCUT2D eigenvalue weighted by atomic mass is 32.2. The van der Waals surface area contributed by atoms with Crippen LogP contribution in [0.2, 0.25) is 0 Å². The highest BCUT2D eigenvalue weighted by molar-refractivity contribution is 7.89. The Balaban J connectivity index is 1.34. The second kappa shape index (κ2) is 12.1. The van der Waals surface area contributed by atoms with Crippen molar-refractivity contribution in [1.82, 2.24) is 28.4 Å². The first-order valence-corrected chi connectivity index (χ1v) is 17.7. The van der Waals surface area contributed by atoms with Crippen molar-refractivity contribution >= 4 is 33.0 Å². The molecule has 14 heteroatoms. The van der Waals surface area contributed by atoms with Crippen LogP contribution in [-0.2, 0) is 27.9 Å². The van der Waals surface area contributed by atoms with Gasteiger partial charge in [-0.1, -0.05) is 26.0 Å². The van der Waals surface area contributed by atoms with Crippen LogP contribution in [0.3, 0.4) is 0 Å². The molecular formula is C34H38N8O5S. The van der Waals surface area contributed by atoms with Crippen molar-refractivity contribution in [2.75, 3.05) is 38.2 Å². The number of nitrogens with zero attached hydrogens (tertiary/aromatic N) is 8. The molecule has 1 aliphatic carbocycles. The minimum absolute atomic E-state index is 0.00983. The summed E-state index contributed by atoms with van der Waals surface area (Å²) in [7, 11) is -2.67. The summed E-state index contributed by atoms with van der Waals surface area (Å²) in [5.41, 5.74) is 2.30. The van der Waals surface area contributed by atoms with E-state index in [1.54, 1.807) is 65.0 Å². The van der Waals surface area contributed by atoms with Gasteiger partial charge in [-0.2, -0.15) is 14.7 Å². The van der Waals surface area contributed by atoms with E-state index in [2.05, 4.69) is 11.0 Å². The minimum atomic E-state index is -4.24. The summed E-state index contributed by atoms with van der Waals surface area (Å²) < 4.78 is 39.5. The zero-order chi connectivity index (χ0) is 33.8. The predicted molar refractivity (Wildman–Crippen MR) is 177 cm³/mol. The number of pyridine rings is 1. The number of hydrogen-bond acceptors (Lipinski definition) is 9. The number of Topliss-reactive ketones (excluding diaryl/α,β-unsaturated/α-hetero) is 1. The molecule has 7 rings (SSSR count). The van der Waals surface area contributed by atoms with Crippen LogP contribution in [0.4, 0.5) is 5.69 Å². The van der Waals surface area contributed by atoms with Crippen LogP contribution in [0.15, 0.2) is 53.7 Å². The highest BCUT2D eigenvalue weighted by Crippen LogP contribution is 2.45. The molecule has 2 aliphatic heterocycles. The van der Waals surface area contributed by atoms with Crippen molar-refractivity contribution in [1.29, 1.82) is 5.26 Å². The van der Waals surface area contributed by atoms with Crippen LogP contribution in [0.25, 0.3) is 17.0 Å². The van der Waals surface area contributed by atoms with Crippen LogP contribution < -0.4 is 9.64 Å². The molecule has 0 bridgehead atoms. The quantitative estimate of drug-likeness (QED) is 0.260. The number of imidazole rings is 1. The molecule has 13 nitrogen and oxygen atoms in total. The number of carbonyl (C=O) groups excluding carboxylic acids is 2. The Morgan fingerprint density at radius 2 is 1.81 bits per heavy atom. The normalized spacial score (nSPS) is 17.5. The van der Waals surface area contributed by atoms with Gasteiger partial charge in [-0.25, -0.2) is 13.4 Å². The van der Waals surface area contributed by atoms with Crippen LogP contribution >= 0.6 is 0 Å². The Morgan fingerprint density at radius 3 is 2.44 bits per heavy atom. The van der Waals surface area contributed by atoms with Crippen molar-refractivity contribution in [2.45, 2.75) is 63.1 Å². The van der Waals surface area contributed by atoms with E-state index in [-0.39, 0.29) is 29.0 Å². The molecule has 0 unspecified atom stereocenters. The third-order valence-corrected chi connectivity index (χ3v) is 11.4. The van der Waals surface area contributed by atoms with Gasteiger partial charge < -0.3 is 14.5 Å². The van der Waals surface area contributed by atoms with Crippen LogP contribution in [0.5, 0.6) is 5.75 Å². The van der Waals surface area contributed by atoms with E-state index in [0.717, 1.165) is 5.56 Å². The molecule has 1 amide bonds. The van der Waals surface area contributed by atoms with Gasteiger partial charge in [0, 0.05) is 57.8 Å². The van der Waals surface area contributed by atoms with Crippen molar-refractivity contribution in [2.24, 2.45) is 5.92 Å². The van der Waals surface area contributed by atoms with Gasteiger partial charge in [0.05, 0.1) is 30.8 Å². The second-order valence-electron chi connectivity index (χ2n) is 13.0. The standard InChI is InChI=1S/C34H38N8O5S/c1-23(2)33(44)39-15-13-38(14-16-39)29-17-26(21-40-30(19-36-32(29)40)27-18-28-31(43)5-4-12-41(28)37-27)48(45,46)42(34(22-35)10-11-34)20-24-6-8-25(47-3)9-7-24/h6-9,17-19,21,23H,4-5,10-16,20H2,1-3H3. The van der Waals surface area contributed by atoms with E-state index in [9.17, 15) is 23.3 Å². The number of ketones is 1. The van der Waals surface area contributed by atoms with Gasteiger partial charge in [0.25, 0.3) is 0 Å². The number of carbonyl (C=O) groups is 2. The Hall–Kier alpha value is -4.74. The molecule has 0 radical (unpaired) electrons. The number of nitriles is 1. The van der Waals surface area contributed by atoms with Gasteiger partial charge in [-0.3, -0.25) is 18.7 Å². The third-order valence-electron chi connectivity index (χ3n) is 9.57. The average molecular weight is 671 g/mol. The maximum Gasteiger partial charge on any atom is 0.246 e. The lowest BCUT2D eigenvalue weighted by Crippen LogP contribution is -2.50. The summed E-state index contributed by atoms with van der Waals surface area (Å²) in [5, 5.41) is 14.9. The predicted octanol–water partition coefficient (Wildman–Crippen LogP) is 3.73. The molecule has 1 saturated carbocycles. The summed E-state index contributed by atoms with van der Waals surface area (Å²) in [5.74, 6) is 0.630. The molecule has 5 heterocycles. The Morgan fingerprint density at radius 1 is 1.08 bits per heavy atom. The molecule has 250 valence electrons. The molecule has 0 N–H and O–H groups in total. The van der Waals surface area contributed by atoms with Crippen LogP contribution in [0.1, 0.15) is 55.6 Å². The van der Waals surface area contributed by atoms with Gasteiger partial charge in [0.15, 0.2) is 11.4 Å². The van der Waals surface area contributed by atoms with E-state index in [4.69, 9.17) is 14.8 Å². The molecule has 2 fully saturated rings. The van der Waals surface area contributed by atoms with Crippen LogP contribution in [-0.4, -0.2) is 87.3 Å². The number of rotatable bonds is 9. The number of methoxy groups -OCH3 is 1. The lowest BCUT2D eigenvalue weighted by Gasteiger charge is -2.37. The fourth-order valence-electron chi connectivity index (χ4n) is 6.62. The van der Waals surface area contributed by atoms with Gasteiger partial charge in [0.2, 0.25) is 15.9 Å².